The lowest BCUT2D eigenvalue weighted by atomic mass is 10.3. The van der Waals surface area contributed by atoms with Crippen molar-refractivity contribution in [3.63, 3.8) is 0 Å². The molecule has 0 saturated carbocycles. The van der Waals surface area contributed by atoms with Crippen LogP contribution in [0.5, 0.6) is 0 Å². The maximum Gasteiger partial charge on any atom is 0.287 e. The van der Waals surface area contributed by atoms with E-state index in [-0.39, 0.29) is 30.7 Å². The van der Waals surface area contributed by atoms with Crippen LogP contribution in [-0.4, -0.2) is 41.1 Å². The Bertz CT molecular complexity index is 918. The Morgan fingerprint density at radius 1 is 1.18 bits per heavy atom. The maximum atomic E-state index is 12.4. The molecular formula is C20H24N4O4. The Balaban J connectivity index is 1.66. The number of furan rings is 1. The normalized spacial score (nSPS) is 10.9. The average molecular weight is 384 g/mol. The molecule has 148 valence electrons. The van der Waals surface area contributed by atoms with Crippen LogP contribution in [-0.2, 0) is 22.6 Å². The minimum Gasteiger partial charge on any atom is -0.459 e. The number of amides is 2. The van der Waals surface area contributed by atoms with Crippen molar-refractivity contribution in [1.82, 2.24) is 20.2 Å². The average Bonchev–Trinajstić information content (AvgIpc) is 3.35. The zero-order chi connectivity index (χ0) is 19.8. The predicted octanol–water partition coefficient (Wildman–Crippen LogP) is 2.10. The summed E-state index contributed by atoms with van der Waals surface area (Å²) < 4.78 is 12.2. The summed E-state index contributed by atoms with van der Waals surface area (Å²) in [5.41, 5.74) is 1.61. The van der Waals surface area contributed by atoms with E-state index in [9.17, 15) is 9.59 Å². The van der Waals surface area contributed by atoms with Gasteiger partial charge < -0.3 is 24.4 Å². The lowest BCUT2D eigenvalue weighted by Crippen LogP contribution is -2.31. The van der Waals surface area contributed by atoms with Crippen LogP contribution in [0.2, 0.25) is 0 Å². The maximum absolute atomic E-state index is 12.4. The van der Waals surface area contributed by atoms with Crippen molar-refractivity contribution in [2.75, 3.05) is 19.8 Å². The van der Waals surface area contributed by atoms with E-state index in [0.717, 1.165) is 17.5 Å². The van der Waals surface area contributed by atoms with E-state index in [2.05, 4.69) is 15.6 Å². The van der Waals surface area contributed by atoms with Gasteiger partial charge in [-0.05, 0) is 37.6 Å². The van der Waals surface area contributed by atoms with E-state index >= 15 is 0 Å². The molecule has 3 aromatic rings. The summed E-state index contributed by atoms with van der Waals surface area (Å²) in [7, 11) is 0. The van der Waals surface area contributed by atoms with Gasteiger partial charge in [0.05, 0.1) is 23.8 Å². The standard InChI is InChI=1S/C20H24N4O4/c1-2-27-11-6-10-21-19(25)14-24-16-8-4-3-7-15(16)23-18(24)13-22-20(26)17-9-5-12-28-17/h3-5,7-9,12H,2,6,10-11,13-14H2,1H3,(H,21,25)(H,22,26). The molecule has 0 aliphatic heterocycles. The van der Waals surface area contributed by atoms with Crippen LogP contribution in [0.15, 0.2) is 47.1 Å². The van der Waals surface area contributed by atoms with Crippen LogP contribution in [0.1, 0.15) is 29.7 Å². The molecule has 0 aliphatic carbocycles. The lowest BCUT2D eigenvalue weighted by Gasteiger charge is -2.10. The molecule has 8 nitrogen and oxygen atoms in total. The van der Waals surface area contributed by atoms with Crippen LogP contribution in [0, 0.1) is 0 Å². The first kappa shape index (κ1) is 19.6. The molecule has 1 aromatic carbocycles. The first-order valence-electron chi connectivity index (χ1n) is 9.29. The van der Waals surface area contributed by atoms with Crippen LogP contribution < -0.4 is 10.6 Å². The van der Waals surface area contributed by atoms with Crippen molar-refractivity contribution in [3.8, 4) is 0 Å². The number of fused-ring (bicyclic) bond motifs is 1. The predicted molar refractivity (Wildman–Crippen MR) is 104 cm³/mol. The highest BCUT2D eigenvalue weighted by molar-refractivity contribution is 5.91. The number of aromatic nitrogens is 2. The van der Waals surface area contributed by atoms with Gasteiger partial charge in [0.2, 0.25) is 5.91 Å². The number of hydrogen-bond acceptors (Lipinski definition) is 5. The SMILES string of the molecule is CCOCCCNC(=O)Cn1c(CNC(=O)c2ccco2)nc2ccccc21. The number of para-hydroxylation sites is 2. The zero-order valence-corrected chi connectivity index (χ0v) is 15.8. The van der Waals surface area contributed by atoms with E-state index in [1.54, 1.807) is 12.1 Å². The molecule has 2 N–H and O–H groups in total. The van der Waals surface area contributed by atoms with Gasteiger partial charge in [0.1, 0.15) is 12.4 Å². The minimum absolute atomic E-state index is 0.113. The second-order valence-electron chi connectivity index (χ2n) is 6.16. The number of imidazole rings is 1. The van der Waals surface area contributed by atoms with Gasteiger partial charge in [-0.1, -0.05) is 12.1 Å². The molecule has 0 radical (unpaired) electrons. The Hall–Kier alpha value is -3.13. The number of carbonyl (C=O) groups excluding carboxylic acids is 2. The van der Waals surface area contributed by atoms with Gasteiger partial charge in [0.15, 0.2) is 5.76 Å². The molecule has 3 rings (SSSR count). The smallest absolute Gasteiger partial charge is 0.287 e. The molecule has 8 heteroatoms. The Labute approximate surface area is 162 Å². The molecular weight excluding hydrogens is 360 g/mol. The lowest BCUT2D eigenvalue weighted by molar-refractivity contribution is -0.121. The third-order valence-corrected chi connectivity index (χ3v) is 4.18. The van der Waals surface area contributed by atoms with Crippen molar-refractivity contribution in [2.24, 2.45) is 0 Å². The number of nitrogens with one attached hydrogen (secondary N) is 2. The summed E-state index contributed by atoms with van der Waals surface area (Å²) >= 11 is 0. The number of hydrogen-bond donors (Lipinski definition) is 2. The summed E-state index contributed by atoms with van der Waals surface area (Å²) in [6.07, 6.45) is 2.20. The van der Waals surface area contributed by atoms with Crippen molar-refractivity contribution in [3.05, 3.63) is 54.2 Å². The van der Waals surface area contributed by atoms with Crippen molar-refractivity contribution in [2.45, 2.75) is 26.4 Å². The first-order valence-corrected chi connectivity index (χ1v) is 9.29. The molecule has 0 atom stereocenters. The van der Waals surface area contributed by atoms with E-state index in [1.807, 2.05) is 35.8 Å². The van der Waals surface area contributed by atoms with E-state index in [4.69, 9.17) is 9.15 Å². The summed E-state index contributed by atoms with van der Waals surface area (Å²) in [6, 6.07) is 10.8. The second kappa shape index (κ2) is 9.70. The second-order valence-corrected chi connectivity index (χ2v) is 6.16. The summed E-state index contributed by atoms with van der Waals surface area (Å²) in [5, 5.41) is 5.67. The molecule has 2 aromatic heterocycles. The van der Waals surface area contributed by atoms with Gasteiger partial charge in [-0.3, -0.25) is 9.59 Å². The van der Waals surface area contributed by atoms with Crippen LogP contribution in [0.3, 0.4) is 0 Å². The number of carbonyl (C=O) groups is 2. The Kier molecular flexibility index (Phi) is 6.80. The van der Waals surface area contributed by atoms with Crippen LogP contribution in [0.25, 0.3) is 11.0 Å². The third-order valence-electron chi connectivity index (χ3n) is 4.18. The minimum atomic E-state index is -0.330. The molecule has 2 heterocycles. The quantitative estimate of drug-likeness (QED) is 0.522. The van der Waals surface area contributed by atoms with E-state index in [0.29, 0.717) is 25.6 Å². The summed E-state index contributed by atoms with van der Waals surface area (Å²) in [5.74, 6) is 0.391. The van der Waals surface area contributed by atoms with Gasteiger partial charge in [0.25, 0.3) is 5.91 Å². The fraction of sp³-hybridized carbons (Fsp3) is 0.350. The molecule has 0 spiro atoms. The fourth-order valence-electron chi connectivity index (χ4n) is 2.84. The van der Waals surface area contributed by atoms with Crippen LogP contribution >= 0.6 is 0 Å². The van der Waals surface area contributed by atoms with Gasteiger partial charge in [0, 0.05) is 19.8 Å². The Morgan fingerprint density at radius 2 is 2.04 bits per heavy atom. The molecule has 0 aliphatic rings. The molecule has 0 bridgehead atoms. The Morgan fingerprint density at radius 3 is 2.82 bits per heavy atom. The highest BCUT2D eigenvalue weighted by Gasteiger charge is 2.15. The monoisotopic (exact) mass is 384 g/mol. The zero-order valence-electron chi connectivity index (χ0n) is 15.8. The number of benzene rings is 1. The van der Waals surface area contributed by atoms with E-state index < -0.39 is 0 Å². The first-order chi connectivity index (χ1) is 13.7. The summed E-state index contributed by atoms with van der Waals surface area (Å²) in [6.45, 7) is 4.09. The molecule has 28 heavy (non-hydrogen) atoms. The summed E-state index contributed by atoms with van der Waals surface area (Å²) in [4.78, 5) is 29.0. The van der Waals surface area contributed by atoms with Crippen molar-refractivity contribution >= 4 is 22.8 Å². The van der Waals surface area contributed by atoms with Crippen LogP contribution in [0.4, 0.5) is 0 Å². The number of nitrogens with zero attached hydrogens (tertiary/aromatic N) is 2. The molecule has 0 saturated heterocycles. The van der Waals surface area contributed by atoms with Gasteiger partial charge in [-0.15, -0.1) is 0 Å². The molecule has 2 amide bonds. The van der Waals surface area contributed by atoms with Gasteiger partial charge >= 0.3 is 0 Å². The fourth-order valence-corrected chi connectivity index (χ4v) is 2.84. The van der Waals surface area contributed by atoms with Crippen molar-refractivity contribution in [1.29, 1.82) is 0 Å². The van der Waals surface area contributed by atoms with E-state index in [1.165, 1.54) is 6.26 Å². The van der Waals surface area contributed by atoms with Gasteiger partial charge in [-0.2, -0.15) is 0 Å². The molecule has 0 fully saturated rings. The highest BCUT2D eigenvalue weighted by atomic mass is 16.5. The van der Waals surface area contributed by atoms with Gasteiger partial charge in [-0.25, -0.2) is 4.98 Å². The topological polar surface area (TPSA) is 98.4 Å². The third kappa shape index (κ3) is 4.98. The van der Waals surface area contributed by atoms with Crippen molar-refractivity contribution < 1.29 is 18.7 Å². The number of rotatable bonds is 10. The largest absolute Gasteiger partial charge is 0.459 e. The molecule has 0 unspecified atom stereocenters. The highest BCUT2D eigenvalue weighted by Crippen LogP contribution is 2.16. The number of ether oxygens (including phenoxy) is 1.